The summed E-state index contributed by atoms with van der Waals surface area (Å²) >= 11 is 0. The van der Waals surface area contributed by atoms with Crippen LogP contribution in [0.15, 0.2) is 29.5 Å². The average Bonchev–Trinajstić information content (AvgIpc) is 2.90. The van der Waals surface area contributed by atoms with E-state index in [1.54, 1.807) is 18.2 Å². The van der Waals surface area contributed by atoms with Crippen LogP contribution in [-0.2, 0) is 19.1 Å². The summed E-state index contributed by atoms with van der Waals surface area (Å²) in [5.41, 5.74) is 0.615. The summed E-state index contributed by atoms with van der Waals surface area (Å²) in [6, 6.07) is 4.27. The lowest BCUT2D eigenvalue weighted by molar-refractivity contribution is -0.144. The maximum atomic E-state index is 12.5. The Labute approximate surface area is 151 Å². The highest BCUT2D eigenvalue weighted by Gasteiger charge is 2.43. The summed E-state index contributed by atoms with van der Waals surface area (Å²) < 4.78 is 20.8. The van der Waals surface area contributed by atoms with Crippen molar-refractivity contribution in [3.8, 4) is 11.5 Å². The molecule has 0 saturated carbocycles. The summed E-state index contributed by atoms with van der Waals surface area (Å²) in [5, 5.41) is 10.2. The lowest BCUT2D eigenvalue weighted by Crippen LogP contribution is -2.38. The molecule has 0 saturated heterocycles. The van der Waals surface area contributed by atoms with Gasteiger partial charge in [-0.05, 0) is 24.6 Å². The number of carbonyl (C=O) groups is 2. The molecule has 1 aliphatic heterocycles. The molecule has 1 aromatic carbocycles. The van der Waals surface area contributed by atoms with Crippen LogP contribution < -0.4 is 9.47 Å². The first-order chi connectivity index (χ1) is 12.4. The zero-order valence-corrected chi connectivity index (χ0v) is 15.4. The molecule has 0 aliphatic carbocycles. The largest absolute Gasteiger partial charge is 0.503 e. The lowest BCUT2D eigenvalue weighted by atomic mass is 9.96. The molecule has 1 heterocycles. The van der Waals surface area contributed by atoms with Crippen LogP contribution in [0.25, 0.3) is 0 Å². The number of carbonyl (C=O) groups excluding carboxylic acids is 2. The second-order valence-electron chi connectivity index (χ2n) is 5.69. The van der Waals surface area contributed by atoms with E-state index in [4.69, 9.17) is 18.9 Å². The third kappa shape index (κ3) is 3.51. The minimum absolute atomic E-state index is 0.0215. The van der Waals surface area contributed by atoms with E-state index in [1.165, 1.54) is 40.3 Å². The molecule has 1 atom stereocenters. The van der Waals surface area contributed by atoms with E-state index in [9.17, 15) is 14.7 Å². The molecule has 0 aromatic heterocycles. The van der Waals surface area contributed by atoms with Gasteiger partial charge in [-0.15, -0.1) is 0 Å². The van der Waals surface area contributed by atoms with Gasteiger partial charge in [0.2, 0.25) is 0 Å². The molecule has 26 heavy (non-hydrogen) atoms. The summed E-state index contributed by atoms with van der Waals surface area (Å²) in [4.78, 5) is 26.0. The quantitative estimate of drug-likeness (QED) is 0.699. The number of methoxy groups -OCH3 is 4. The van der Waals surface area contributed by atoms with Gasteiger partial charge in [-0.2, -0.15) is 0 Å². The molecule has 1 N–H and O–H groups in total. The highest BCUT2D eigenvalue weighted by Crippen LogP contribution is 2.40. The van der Waals surface area contributed by atoms with Crippen LogP contribution in [0.5, 0.6) is 11.5 Å². The molecule has 8 heteroatoms. The molecular weight excluding hydrogens is 342 g/mol. The average molecular weight is 365 g/mol. The molecule has 0 spiro atoms. The summed E-state index contributed by atoms with van der Waals surface area (Å²) in [6.07, 6.45) is -0.708. The molecular formula is C18H23NO7. The molecule has 2 rings (SSSR count). The van der Waals surface area contributed by atoms with Crippen molar-refractivity contribution in [1.29, 1.82) is 0 Å². The normalized spacial score (nSPS) is 17.2. The lowest BCUT2D eigenvalue weighted by Gasteiger charge is -2.29. The predicted octanol–water partition coefficient (Wildman–Crippen LogP) is 1.61. The number of rotatable bonds is 8. The van der Waals surface area contributed by atoms with E-state index in [0.29, 0.717) is 17.1 Å². The smallest absolute Gasteiger partial charge is 0.290 e. The van der Waals surface area contributed by atoms with Crippen LogP contribution in [0.3, 0.4) is 0 Å². The van der Waals surface area contributed by atoms with E-state index >= 15 is 0 Å². The standard InChI is InChI=1S/C18H23NO7/c1-10(20)15-16(11-6-7-12(23-2)13(8-11)24-3)19(18(22)17(15)21)9-14(25-4)26-5/h6-8,14,16,21H,9H2,1-5H3/t16-/m1/s1. The molecule has 1 amide bonds. The summed E-state index contributed by atoms with van der Waals surface area (Å²) in [6.45, 7) is 1.34. The molecule has 0 radical (unpaired) electrons. The van der Waals surface area contributed by atoms with E-state index < -0.39 is 29.8 Å². The summed E-state index contributed by atoms with van der Waals surface area (Å²) in [7, 11) is 5.89. The topological polar surface area (TPSA) is 94.5 Å². The van der Waals surface area contributed by atoms with Gasteiger partial charge in [0.25, 0.3) is 5.91 Å². The van der Waals surface area contributed by atoms with E-state index in [2.05, 4.69) is 0 Å². The zero-order chi connectivity index (χ0) is 19.4. The van der Waals surface area contributed by atoms with Gasteiger partial charge < -0.3 is 29.0 Å². The fourth-order valence-electron chi connectivity index (χ4n) is 2.98. The van der Waals surface area contributed by atoms with Gasteiger partial charge in [0.15, 0.2) is 29.3 Å². The number of aliphatic hydroxyl groups is 1. The van der Waals surface area contributed by atoms with E-state index in [1.807, 2.05) is 0 Å². The minimum atomic E-state index is -0.785. The molecule has 0 fully saturated rings. The van der Waals surface area contributed by atoms with Crippen LogP contribution in [-0.4, -0.2) is 63.0 Å². The van der Waals surface area contributed by atoms with Crippen molar-refractivity contribution in [3.05, 3.63) is 35.1 Å². The van der Waals surface area contributed by atoms with Crippen molar-refractivity contribution in [1.82, 2.24) is 4.90 Å². The highest BCUT2D eigenvalue weighted by atomic mass is 16.7. The Kier molecular flexibility index (Phi) is 6.23. The van der Waals surface area contributed by atoms with Crippen molar-refractivity contribution in [2.75, 3.05) is 35.0 Å². The Morgan fingerprint density at radius 1 is 1.15 bits per heavy atom. The Balaban J connectivity index is 2.54. The van der Waals surface area contributed by atoms with Crippen molar-refractivity contribution < 1.29 is 33.6 Å². The Bertz CT molecular complexity index is 724. The Hall–Kier alpha value is -2.58. The third-order valence-corrected chi connectivity index (χ3v) is 4.28. The van der Waals surface area contributed by atoms with Crippen molar-refractivity contribution >= 4 is 11.7 Å². The molecule has 0 bridgehead atoms. The fraction of sp³-hybridized carbons (Fsp3) is 0.444. The molecule has 1 aromatic rings. The second kappa shape index (κ2) is 8.20. The van der Waals surface area contributed by atoms with E-state index in [0.717, 1.165) is 0 Å². The number of Topliss-reactive ketones (excluding diaryl/α,β-unsaturated/α-hetero) is 1. The number of hydrogen-bond donors (Lipinski definition) is 1. The van der Waals surface area contributed by atoms with Gasteiger partial charge in [0, 0.05) is 14.2 Å². The third-order valence-electron chi connectivity index (χ3n) is 4.28. The van der Waals surface area contributed by atoms with Gasteiger partial charge in [-0.25, -0.2) is 0 Å². The molecule has 0 unspecified atom stereocenters. The Morgan fingerprint density at radius 2 is 1.77 bits per heavy atom. The van der Waals surface area contributed by atoms with Crippen LogP contribution >= 0.6 is 0 Å². The number of amides is 1. The van der Waals surface area contributed by atoms with Crippen molar-refractivity contribution in [3.63, 3.8) is 0 Å². The van der Waals surface area contributed by atoms with Gasteiger partial charge >= 0.3 is 0 Å². The predicted molar refractivity (Wildman–Crippen MR) is 92.1 cm³/mol. The maximum Gasteiger partial charge on any atom is 0.290 e. The van der Waals surface area contributed by atoms with Crippen LogP contribution in [0.1, 0.15) is 18.5 Å². The SMILES string of the molecule is COc1ccc([C@@H]2C(C(C)=O)=C(O)C(=O)N2CC(OC)OC)cc1OC. The van der Waals surface area contributed by atoms with Gasteiger partial charge in [-0.3, -0.25) is 9.59 Å². The van der Waals surface area contributed by atoms with Crippen molar-refractivity contribution in [2.24, 2.45) is 0 Å². The number of hydrogen-bond acceptors (Lipinski definition) is 7. The van der Waals surface area contributed by atoms with Crippen LogP contribution in [0, 0.1) is 0 Å². The van der Waals surface area contributed by atoms with Gasteiger partial charge in [-0.1, -0.05) is 6.07 Å². The molecule has 142 valence electrons. The number of ether oxygens (including phenoxy) is 4. The van der Waals surface area contributed by atoms with Gasteiger partial charge in [0.1, 0.15) is 0 Å². The van der Waals surface area contributed by atoms with E-state index in [-0.39, 0.29) is 12.1 Å². The van der Waals surface area contributed by atoms with Crippen molar-refractivity contribution in [2.45, 2.75) is 19.3 Å². The number of ketones is 1. The number of nitrogens with zero attached hydrogens (tertiary/aromatic N) is 1. The highest BCUT2D eigenvalue weighted by molar-refractivity contribution is 6.08. The number of aliphatic hydroxyl groups excluding tert-OH is 1. The minimum Gasteiger partial charge on any atom is -0.503 e. The Morgan fingerprint density at radius 3 is 2.27 bits per heavy atom. The first-order valence-corrected chi connectivity index (χ1v) is 7.92. The monoisotopic (exact) mass is 365 g/mol. The first-order valence-electron chi connectivity index (χ1n) is 7.92. The fourth-order valence-corrected chi connectivity index (χ4v) is 2.98. The summed E-state index contributed by atoms with van der Waals surface area (Å²) in [5.74, 6) is -0.667. The number of benzene rings is 1. The van der Waals surface area contributed by atoms with Crippen LogP contribution in [0.4, 0.5) is 0 Å². The molecule has 1 aliphatic rings. The first kappa shape index (κ1) is 19.7. The molecule has 8 nitrogen and oxygen atoms in total. The van der Waals surface area contributed by atoms with Gasteiger partial charge in [0.05, 0.1) is 32.4 Å². The van der Waals surface area contributed by atoms with Crippen LogP contribution in [0.2, 0.25) is 0 Å². The maximum absolute atomic E-state index is 12.5. The zero-order valence-electron chi connectivity index (χ0n) is 15.4. The second-order valence-corrected chi connectivity index (χ2v) is 5.69.